The van der Waals surface area contributed by atoms with Crippen LogP contribution in [0.4, 0.5) is 10.6 Å². The molecule has 4 rings (SSSR count). The molecule has 2 aromatic rings. The maximum atomic E-state index is 12.5. The van der Waals surface area contributed by atoms with Crippen LogP contribution in [0.3, 0.4) is 0 Å². The molecule has 0 radical (unpaired) electrons. The SMILES string of the molecule is CC1CCN(c2ccc(CNC(=O)N3CCN(Cc4ccccc4)CC3)cn2)CC1. The van der Waals surface area contributed by atoms with E-state index in [0.717, 1.165) is 63.1 Å². The van der Waals surface area contributed by atoms with E-state index in [2.05, 4.69) is 63.4 Å². The maximum Gasteiger partial charge on any atom is 0.317 e. The first-order valence-corrected chi connectivity index (χ1v) is 11.2. The van der Waals surface area contributed by atoms with Gasteiger partial charge in [-0.25, -0.2) is 9.78 Å². The Morgan fingerprint density at radius 3 is 2.37 bits per heavy atom. The fraction of sp³-hybridized carbons (Fsp3) is 0.500. The van der Waals surface area contributed by atoms with Gasteiger partial charge in [-0.1, -0.05) is 43.3 Å². The predicted molar refractivity (Wildman–Crippen MR) is 120 cm³/mol. The van der Waals surface area contributed by atoms with Gasteiger partial charge in [0.05, 0.1) is 0 Å². The number of amides is 2. The molecule has 160 valence electrons. The van der Waals surface area contributed by atoms with E-state index in [-0.39, 0.29) is 6.03 Å². The first kappa shape index (κ1) is 20.7. The van der Waals surface area contributed by atoms with Crippen LogP contribution in [0, 0.1) is 5.92 Å². The lowest BCUT2D eigenvalue weighted by molar-refractivity contribution is 0.135. The van der Waals surface area contributed by atoms with Gasteiger partial charge in [0.1, 0.15) is 5.82 Å². The van der Waals surface area contributed by atoms with Gasteiger partial charge in [0.15, 0.2) is 0 Å². The van der Waals surface area contributed by atoms with Crippen molar-refractivity contribution in [1.82, 2.24) is 20.1 Å². The number of carbonyl (C=O) groups excluding carboxylic acids is 1. The summed E-state index contributed by atoms with van der Waals surface area (Å²) in [6.45, 7) is 9.31. The fourth-order valence-electron chi connectivity index (χ4n) is 4.19. The van der Waals surface area contributed by atoms with Gasteiger partial charge in [0.25, 0.3) is 0 Å². The van der Waals surface area contributed by atoms with Crippen molar-refractivity contribution >= 4 is 11.8 Å². The lowest BCUT2D eigenvalue weighted by atomic mass is 9.99. The zero-order valence-corrected chi connectivity index (χ0v) is 18.0. The smallest absolute Gasteiger partial charge is 0.317 e. The highest BCUT2D eigenvalue weighted by molar-refractivity contribution is 5.74. The van der Waals surface area contributed by atoms with Crippen LogP contribution in [-0.4, -0.2) is 60.1 Å². The Bertz CT molecular complexity index is 794. The van der Waals surface area contributed by atoms with Gasteiger partial charge in [-0.3, -0.25) is 4.90 Å². The summed E-state index contributed by atoms with van der Waals surface area (Å²) in [4.78, 5) is 23.9. The van der Waals surface area contributed by atoms with Crippen molar-refractivity contribution in [3.8, 4) is 0 Å². The van der Waals surface area contributed by atoms with Crippen molar-refractivity contribution in [2.75, 3.05) is 44.2 Å². The van der Waals surface area contributed by atoms with Crippen LogP contribution in [-0.2, 0) is 13.1 Å². The highest BCUT2D eigenvalue weighted by Crippen LogP contribution is 2.21. The van der Waals surface area contributed by atoms with Gasteiger partial charge in [0.2, 0.25) is 0 Å². The number of nitrogens with one attached hydrogen (secondary N) is 1. The number of benzene rings is 1. The molecule has 6 nitrogen and oxygen atoms in total. The second kappa shape index (κ2) is 9.94. The minimum atomic E-state index is 0.0171. The molecule has 0 spiro atoms. The van der Waals surface area contributed by atoms with Crippen LogP contribution in [0.25, 0.3) is 0 Å². The summed E-state index contributed by atoms with van der Waals surface area (Å²) in [5, 5.41) is 3.05. The first-order valence-electron chi connectivity index (χ1n) is 11.2. The molecule has 0 saturated carbocycles. The molecule has 3 heterocycles. The van der Waals surface area contributed by atoms with Crippen molar-refractivity contribution in [2.24, 2.45) is 5.92 Å². The van der Waals surface area contributed by atoms with E-state index in [1.165, 1.54) is 18.4 Å². The van der Waals surface area contributed by atoms with Gasteiger partial charge < -0.3 is 15.1 Å². The lowest BCUT2D eigenvalue weighted by Crippen LogP contribution is -2.51. The molecule has 2 fully saturated rings. The summed E-state index contributed by atoms with van der Waals surface area (Å²) < 4.78 is 0. The molecule has 30 heavy (non-hydrogen) atoms. The molecule has 0 aliphatic carbocycles. The minimum absolute atomic E-state index is 0.0171. The van der Waals surface area contributed by atoms with Crippen LogP contribution < -0.4 is 10.2 Å². The zero-order valence-electron chi connectivity index (χ0n) is 18.0. The summed E-state index contributed by atoms with van der Waals surface area (Å²) in [6, 6.07) is 14.7. The average Bonchev–Trinajstić information content (AvgIpc) is 2.80. The van der Waals surface area contributed by atoms with Gasteiger partial charge in [0, 0.05) is 58.6 Å². The summed E-state index contributed by atoms with van der Waals surface area (Å²) in [5.41, 5.74) is 2.37. The second-order valence-corrected chi connectivity index (χ2v) is 8.60. The zero-order chi connectivity index (χ0) is 20.8. The molecule has 0 atom stereocenters. The normalized spacial score (nSPS) is 18.4. The van der Waals surface area contributed by atoms with E-state index >= 15 is 0 Å². The molecule has 2 aliphatic rings. The Morgan fingerprint density at radius 2 is 1.70 bits per heavy atom. The largest absolute Gasteiger partial charge is 0.357 e. The Balaban J connectivity index is 1.19. The Morgan fingerprint density at radius 1 is 0.967 bits per heavy atom. The molecule has 1 aromatic carbocycles. The number of carbonyl (C=O) groups is 1. The van der Waals surface area contributed by atoms with E-state index < -0.39 is 0 Å². The highest BCUT2D eigenvalue weighted by atomic mass is 16.2. The van der Waals surface area contributed by atoms with Gasteiger partial charge in [-0.15, -0.1) is 0 Å². The van der Waals surface area contributed by atoms with E-state index in [9.17, 15) is 4.79 Å². The molecule has 6 heteroatoms. The first-order chi connectivity index (χ1) is 14.7. The van der Waals surface area contributed by atoms with Crippen molar-refractivity contribution in [1.29, 1.82) is 0 Å². The van der Waals surface area contributed by atoms with Gasteiger partial charge >= 0.3 is 6.03 Å². The Labute approximate surface area is 179 Å². The fourth-order valence-corrected chi connectivity index (χ4v) is 4.19. The summed E-state index contributed by atoms with van der Waals surface area (Å²) in [5.74, 6) is 1.86. The third-order valence-electron chi connectivity index (χ3n) is 6.27. The standard InChI is InChI=1S/C24H33N5O/c1-20-9-11-28(12-10-20)23-8-7-22(17-25-23)18-26-24(30)29-15-13-27(14-16-29)19-21-5-3-2-4-6-21/h2-8,17,20H,9-16,18-19H2,1H3,(H,26,30). The molecule has 0 unspecified atom stereocenters. The average molecular weight is 408 g/mol. The van der Waals surface area contributed by atoms with Crippen LogP contribution >= 0.6 is 0 Å². The van der Waals surface area contributed by atoms with Crippen molar-refractivity contribution in [3.05, 3.63) is 59.8 Å². The number of pyridine rings is 1. The summed E-state index contributed by atoms with van der Waals surface area (Å²) in [7, 11) is 0. The van der Waals surface area contributed by atoms with E-state index in [0.29, 0.717) is 6.54 Å². The molecule has 2 aliphatic heterocycles. The predicted octanol–water partition coefficient (Wildman–Crippen LogP) is 3.35. The van der Waals surface area contributed by atoms with Gasteiger partial charge in [-0.2, -0.15) is 0 Å². The Kier molecular flexibility index (Phi) is 6.84. The van der Waals surface area contributed by atoms with E-state index in [4.69, 9.17) is 0 Å². The summed E-state index contributed by atoms with van der Waals surface area (Å²) >= 11 is 0. The molecule has 2 amide bonds. The van der Waals surface area contributed by atoms with Crippen molar-refractivity contribution in [2.45, 2.75) is 32.9 Å². The molecule has 1 N–H and O–H groups in total. The molecule has 1 aromatic heterocycles. The number of piperazine rings is 1. The number of hydrogen-bond donors (Lipinski definition) is 1. The number of anilines is 1. The molecule has 2 saturated heterocycles. The van der Waals surface area contributed by atoms with Crippen LogP contribution in [0.5, 0.6) is 0 Å². The second-order valence-electron chi connectivity index (χ2n) is 8.60. The lowest BCUT2D eigenvalue weighted by Gasteiger charge is -2.34. The highest BCUT2D eigenvalue weighted by Gasteiger charge is 2.21. The number of rotatable bonds is 5. The quantitative estimate of drug-likeness (QED) is 0.826. The Hall–Kier alpha value is -2.60. The number of nitrogens with zero attached hydrogens (tertiary/aromatic N) is 4. The van der Waals surface area contributed by atoms with Crippen LogP contribution in [0.1, 0.15) is 30.9 Å². The molecular formula is C24H33N5O. The molecule has 0 bridgehead atoms. The third-order valence-corrected chi connectivity index (χ3v) is 6.27. The van der Waals surface area contributed by atoms with Gasteiger partial charge in [-0.05, 0) is 36.0 Å². The monoisotopic (exact) mass is 407 g/mol. The summed E-state index contributed by atoms with van der Waals surface area (Å²) in [6.07, 6.45) is 4.36. The van der Waals surface area contributed by atoms with Crippen molar-refractivity contribution < 1.29 is 4.79 Å². The molecular weight excluding hydrogens is 374 g/mol. The minimum Gasteiger partial charge on any atom is -0.357 e. The number of urea groups is 1. The van der Waals surface area contributed by atoms with Crippen molar-refractivity contribution in [3.63, 3.8) is 0 Å². The maximum absolute atomic E-state index is 12.5. The van der Waals surface area contributed by atoms with Crippen LogP contribution in [0.15, 0.2) is 48.7 Å². The topological polar surface area (TPSA) is 51.7 Å². The van der Waals surface area contributed by atoms with E-state index in [1.807, 2.05) is 17.2 Å². The number of hydrogen-bond acceptors (Lipinski definition) is 4. The van der Waals surface area contributed by atoms with E-state index in [1.54, 1.807) is 0 Å². The number of aromatic nitrogens is 1. The van der Waals surface area contributed by atoms with Crippen LogP contribution in [0.2, 0.25) is 0 Å². The third kappa shape index (κ3) is 5.51. The number of piperidine rings is 1.